The number of primary sulfonamides is 1. The molecule has 0 fully saturated rings. The number of nitrogens with zero attached hydrogens (tertiary/aromatic N) is 2. The second kappa shape index (κ2) is 11.2. The normalized spacial score (nSPS) is 11.6. The molecule has 176 valence electrons. The first-order valence-electron chi connectivity index (χ1n) is 9.07. The summed E-state index contributed by atoms with van der Waals surface area (Å²) in [6.45, 7) is 2.30. The minimum atomic E-state index is -4.18. The summed E-state index contributed by atoms with van der Waals surface area (Å²) in [7, 11) is -4.18. The molecule has 33 heavy (non-hydrogen) atoms. The molecule has 11 N–H and O–H groups in total. The van der Waals surface area contributed by atoms with Gasteiger partial charge in [0.25, 0.3) is 0 Å². The summed E-state index contributed by atoms with van der Waals surface area (Å²) in [5, 5.41) is 9.79. The number of hydrogen-bond acceptors (Lipinski definition) is 12. The van der Waals surface area contributed by atoms with Crippen molar-refractivity contribution >= 4 is 60.5 Å². The van der Waals surface area contributed by atoms with Crippen molar-refractivity contribution < 1.29 is 18.0 Å². The van der Waals surface area contributed by atoms with Crippen LogP contribution in [0.4, 0.5) is 5.13 Å². The van der Waals surface area contributed by atoms with E-state index in [1.807, 2.05) is 19.1 Å². The summed E-state index contributed by atoms with van der Waals surface area (Å²) in [4.78, 5) is 21.0. The smallest absolute Gasteiger partial charge is 0.373 e. The molecule has 3 aromatic rings. The Morgan fingerprint density at radius 2 is 1.88 bits per heavy atom. The molecule has 0 saturated carbocycles. The standard InChI is InChI=1S/C17H22N8O2S3.CO2/c1-8-2-3-10(13-14(8)29-17(20)23-13)9-4-5-11(28-7-6-18)15(30(22,26)27)12(9)16(19)24-25-21;2-1-3/h2-5,25H,6-7,18,21H2,1H3,(H2,19,24)(H2,20,23)(H2,22,26,27);. The van der Waals surface area contributed by atoms with Crippen molar-refractivity contribution in [1.82, 2.24) is 10.5 Å². The highest BCUT2D eigenvalue weighted by Crippen LogP contribution is 2.40. The van der Waals surface area contributed by atoms with E-state index in [0.717, 1.165) is 10.3 Å². The van der Waals surface area contributed by atoms with E-state index < -0.39 is 10.0 Å². The SMILES string of the molecule is Cc1ccc(-c2ccc(SCCN)c(S(N)(=O)=O)c2/C(N)=N/NN)c2nc(N)sc12.O=C=O. The van der Waals surface area contributed by atoms with Crippen LogP contribution in [0.3, 0.4) is 0 Å². The number of aromatic nitrogens is 1. The highest BCUT2D eigenvalue weighted by Gasteiger charge is 2.27. The van der Waals surface area contributed by atoms with E-state index in [9.17, 15) is 8.42 Å². The van der Waals surface area contributed by atoms with E-state index in [-0.39, 0.29) is 22.4 Å². The molecule has 12 nitrogen and oxygen atoms in total. The largest absolute Gasteiger partial charge is 0.382 e. The van der Waals surface area contributed by atoms with Crippen molar-refractivity contribution in [3.05, 3.63) is 35.4 Å². The summed E-state index contributed by atoms with van der Waals surface area (Å²) < 4.78 is 26.1. The zero-order valence-corrected chi connectivity index (χ0v) is 19.8. The number of hydrogen-bond donors (Lipinski definition) is 6. The van der Waals surface area contributed by atoms with E-state index >= 15 is 0 Å². The number of benzene rings is 2. The molecule has 0 aliphatic rings. The highest BCUT2D eigenvalue weighted by molar-refractivity contribution is 8.00. The number of nitrogens with one attached hydrogen (secondary N) is 1. The van der Waals surface area contributed by atoms with E-state index in [1.54, 1.807) is 12.1 Å². The number of nitrogen functional groups attached to an aromatic ring is 1. The Balaban J connectivity index is 0.00000122. The van der Waals surface area contributed by atoms with Crippen LogP contribution in [0, 0.1) is 6.92 Å². The third-order valence-corrected chi connectivity index (χ3v) is 7.50. The van der Waals surface area contributed by atoms with Gasteiger partial charge in [-0.1, -0.05) is 29.5 Å². The fourth-order valence-corrected chi connectivity index (χ4v) is 6.03. The number of thiazole rings is 1. The summed E-state index contributed by atoms with van der Waals surface area (Å²) in [6, 6.07) is 7.16. The van der Waals surface area contributed by atoms with E-state index in [1.165, 1.54) is 23.1 Å². The van der Waals surface area contributed by atoms with Gasteiger partial charge in [0.2, 0.25) is 10.0 Å². The van der Waals surface area contributed by atoms with Gasteiger partial charge in [-0.25, -0.2) is 29.9 Å². The molecule has 0 amide bonds. The van der Waals surface area contributed by atoms with Crippen LogP contribution in [0.1, 0.15) is 11.1 Å². The topological polar surface area (TPSA) is 236 Å². The molecule has 0 radical (unpaired) electrons. The van der Waals surface area contributed by atoms with Crippen LogP contribution in [-0.4, -0.2) is 37.7 Å². The number of hydrazone groups is 1. The lowest BCUT2D eigenvalue weighted by Gasteiger charge is -2.17. The Kier molecular flexibility index (Phi) is 8.90. The van der Waals surface area contributed by atoms with Crippen molar-refractivity contribution in [2.75, 3.05) is 18.0 Å². The highest BCUT2D eigenvalue weighted by atomic mass is 32.2. The van der Waals surface area contributed by atoms with Gasteiger partial charge >= 0.3 is 6.15 Å². The lowest BCUT2D eigenvalue weighted by molar-refractivity contribution is -0.191. The molecule has 3 rings (SSSR count). The van der Waals surface area contributed by atoms with Gasteiger partial charge in [0.1, 0.15) is 4.90 Å². The predicted octanol–water partition coefficient (Wildman–Crippen LogP) is 0.0522. The second-order valence-electron chi connectivity index (χ2n) is 6.37. The molecule has 0 atom stereocenters. The molecule has 1 aromatic heterocycles. The predicted molar refractivity (Wildman–Crippen MR) is 128 cm³/mol. The first-order chi connectivity index (χ1) is 15.6. The number of rotatable bonds is 7. The maximum Gasteiger partial charge on any atom is 0.373 e. The van der Waals surface area contributed by atoms with Gasteiger partial charge < -0.3 is 17.2 Å². The molecule has 0 bridgehead atoms. The zero-order chi connectivity index (χ0) is 24.8. The number of sulfonamides is 1. The van der Waals surface area contributed by atoms with Crippen molar-refractivity contribution in [1.29, 1.82) is 0 Å². The minimum Gasteiger partial charge on any atom is -0.382 e. The van der Waals surface area contributed by atoms with Crippen molar-refractivity contribution in [3.63, 3.8) is 0 Å². The number of nitrogens with two attached hydrogens (primary N) is 5. The number of fused-ring (bicyclic) bond motifs is 1. The van der Waals surface area contributed by atoms with Gasteiger partial charge in [-0.05, 0) is 24.1 Å². The van der Waals surface area contributed by atoms with Gasteiger partial charge in [0, 0.05) is 28.3 Å². The minimum absolute atomic E-state index is 0.134. The van der Waals surface area contributed by atoms with Gasteiger partial charge in [-0.15, -0.1) is 16.9 Å². The fourth-order valence-electron chi connectivity index (χ4n) is 3.10. The molecular weight excluding hydrogens is 488 g/mol. The Morgan fingerprint density at radius 3 is 2.45 bits per heavy atom. The molecule has 0 spiro atoms. The van der Waals surface area contributed by atoms with E-state index in [2.05, 4.69) is 15.6 Å². The lowest BCUT2D eigenvalue weighted by Crippen LogP contribution is -2.27. The Hall–Kier alpha value is -3.04. The molecule has 0 unspecified atom stereocenters. The Bertz CT molecular complexity index is 1330. The first-order valence-corrected chi connectivity index (χ1v) is 12.4. The van der Waals surface area contributed by atoms with Crippen LogP contribution in [0.5, 0.6) is 0 Å². The maximum absolute atomic E-state index is 12.6. The molecule has 0 saturated heterocycles. The van der Waals surface area contributed by atoms with Gasteiger partial charge in [0.05, 0.1) is 10.2 Å². The third kappa shape index (κ3) is 5.85. The number of amidine groups is 1. The molecule has 0 aliphatic carbocycles. The summed E-state index contributed by atoms with van der Waals surface area (Å²) in [5.41, 5.74) is 22.6. The molecule has 2 aromatic carbocycles. The third-order valence-electron chi connectivity index (χ3n) is 4.27. The van der Waals surface area contributed by atoms with Crippen molar-refractivity contribution in [2.24, 2.45) is 27.6 Å². The van der Waals surface area contributed by atoms with Gasteiger partial charge in [0.15, 0.2) is 11.0 Å². The van der Waals surface area contributed by atoms with Gasteiger partial charge in [-0.3, -0.25) is 0 Å². The van der Waals surface area contributed by atoms with Gasteiger partial charge in [-0.2, -0.15) is 9.59 Å². The summed E-state index contributed by atoms with van der Waals surface area (Å²) in [5.74, 6) is 5.65. The average molecular weight is 511 g/mol. The fraction of sp³-hybridized carbons (Fsp3) is 0.167. The van der Waals surface area contributed by atoms with E-state index in [4.69, 9.17) is 37.8 Å². The molecular formula is C18H22N8O4S3. The quantitative estimate of drug-likeness (QED) is 0.0816. The van der Waals surface area contributed by atoms with Crippen LogP contribution < -0.4 is 33.7 Å². The van der Waals surface area contributed by atoms with E-state index in [0.29, 0.717) is 39.0 Å². The Morgan fingerprint density at radius 1 is 1.24 bits per heavy atom. The summed E-state index contributed by atoms with van der Waals surface area (Å²) >= 11 is 2.61. The van der Waals surface area contributed by atoms with Crippen molar-refractivity contribution in [2.45, 2.75) is 16.7 Å². The first kappa shape index (κ1) is 26.2. The van der Waals surface area contributed by atoms with Crippen LogP contribution in [-0.2, 0) is 19.6 Å². The number of carbonyl (C=O) groups excluding carboxylic acids is 2. The van der Waals surface area contributed by atoms with Crippen LogP contribution >= 0.6 is 23.1 Å². The number of hydrazine groups is 1. The van der Waals surface area contributed by atoms with Crippen LogP contribution in [0.25, 0.3) is 21.3 Å². The number of aryl methyl sites for hydroxylation is 1. The Labute approximate surface area is 197 Å². The number of anilines is 1. The van der Waals surface area contributed by atoms with Crippen LogP contribution in [0.2, 0.25) is 0 Å². The molecule has 0 aliphatic heterocycles. The zero-order valence-electron chi connectivity index (χ0n) is 17.4. The second-order valence-corrected chi connectivity index (χ2v) is 10.0. The lowest BCUT2D eigenvalue weighted by atomic mass is 9.97. The molecule has 1 heterocycles. The van der Waals surface area contributed by atoms with Crippen molar-refractivity contribution in [3.8, 4) is 11.1 Å². The number of thioether (sulfide) groups is 1. The van der Waals surface area contributed by atoms with Crippen LogP contribution in [0.15, 0.2) is 39.2 Å². The average Bonchev–Trinajstić information content (AvgIpc) is 3.14. The summed E-state index contributed by atoms with van der Waals surface area (Å²) in [6.07, 6.45) is 0.250. The maximum atomic E-state index is 12.6. The monoisotopic (exact) mass is 510 g/mol. The molecule has 15 heteroatoms.